The van der Waals surface area contributed by atoms with E-state index in [1.807, 2.05) is 13.8 Å². The van der Waals surface area contributed by atoms with Gasteiger partial charge in [0, 0.05) is 13.1 Å². The smallest absolute Gasteiger partial charge is 0.269 e. The molecule has 1 aromatic heterocycles. The maximum atomic E-state index is 12.3. The highest BCUT2D eigenvalue weighted by molar-refractivity contribution is 7.90. The summed E-state index contributed by atoms with van der Waals surface area (Å²) in [6.45, 7) is 6.63. The molecule has 0 atom stereocenters. The van der Waals surface area contributed by atoms with Crippen molar-refractivity contribution in [1.29, 1.82) is 0 Å². The summed E-state index contributed by atoms with van der Waals surface area (Å²) in [5.74, 6) is 0. The van der Waals surface area contributed by atoms with Crippen molar-refractivity contribution < 1.29 is 8.42 Å². The average molecular weight is 306 g/mol. The lowest BCUT2D eigenvalue weighted by Gasteiger charge is -2.22. The molecule has 19 heavy (non-hydrogen) atoms. The Hall–Kier alpha value is -0.850. The van der Waals surface area contributed by atoms with E-state index in [0.29, 0.717) is 29.6 Å². The molecule has 0 amide bonds. The van der Waals surface area contributed by atoms with Crippen LogP contribution in [-0.2, 0) is 10.2 Å². The van der Waals surface area contributed by atoms with Gasteiger partial charge in [-0.15, -0.1) is 0 Å². The molecule has 7 heteroatoms. The molecule has 0 aliphatic heterocycles. The Morgan fingerprint density at radius 3 is 2.32 bits per heavy atom. The third-order valence-electron chi connectivity index (χ3n) is 2.58. The van der Waals surface area contributed by atoms with Crippen LogP contribution in [0.2, 0.25) is 5.15 Å². The maximum Gasteiger partial charge on any atom is 0.301 e. The molecule has 0 aromatic carbocycles. The van der Waals surface area contributed by atoms with Crippen molar-refractivity contribution in [2.75, 3.05) is 17.8 Å². The van der Waals surface area contributed by atoms with Crippen LogP contribution in [0.15, 0.2) is 12.1 Å². The summed E-state index contributed by atoms with van der Waals surface area (Å²) in [7, 11) is -3.53. The minimum atomic E-state index is -3.53. The van der Waals surface area contributed by atoms with Gasteiger partial charge in [0.15, 0.2) is 0 Å². The highest BCUT2D eigenvalue weighted by Crippen LogP contribution is 2.18. The normalized spacial score (nSPS) is 11.8. The van der Waals surface area contributed by atoms with Gasteiger partial charge >= 0.3 is 10.2 Å². The highest BCUT2D eigenvalue weighted by Gasteiger charge is 2.21. The number of halogens is 1. The molecule has 0 spiro atoms. The third-order valence-corrected chi connectivity index (χ3v) is 4.31. The first-order valence-electron chi connectivity index (χ1n) is 6.31. The van der Waals surface area contributed by atoms with Crippen LogP contribution in [0.4, 0.5) is 5.69 Å². The van der Waals surface area contributed by atoms with Gasteiger partial charge in [0.05, 0.1) is 11.4 Å². The Morgan fingerprint density at radius 2 is 1.84 bits per heavy atom. The van der Waals surface area contributed by atoms with E-state index in [9.17, 15) is 8.42 Å². The number of hydrogen-bond acceptors (Lipinski definition) is 3. The van der Waals surface area contributed by atoms with E-state index in [0.717, 1.165) is 12.8 Å². The molecule has 0 aliphatic rings. The molecular weight excluding hydrogens is 286 g/mol. The summed E-state index contributed by atoms with van der Waals surface area (Å²) in [5.41, 5.74) is 1.02. The molecule has 1 aromatic rings. The Kier molecular flexibility index (Phi) is 6.03. The van der Waals surface area contributed by atoms with Crippen molar-refractivity contribution >= 4 is 27.5 Å². The number of anilines is 1. The van der Waals surface area contributed by atoms with Crippen molar-refractivity contribution in [2.24, 2.45) is 0 Å². The van der Waals surface area contributed by atoms with E-state index in [1.54, 1.807) is 19.1 Å². The molecule has 0 aliphatic carbocycles. The predicted molar refractivity (Wildman–Crippen MR) is 78.7 cm³/mol. The second-order valence-electron chi connectivity index (χ2n) is 4.27. The van der Waals surface area contributed by atoms with E-state index in [4.69, 9.17) is 11.6 Å². The lowest BCUT2D eigenvalue weighted by Crippen LogP contribution is -2.37. The highest BCUT2D eigenvalue weighted by atomic mass is 35.5. The Balaban J connectivity index is 2.93. The van der Waals surface area contributed by atoms with Crippen molar-refractivity contribution in [3.8, 4) is 0 Å². The van der Waals surface area contributed by atoms with Crippen molar-refractivity contribution in [1.82, 2.24) is 9.29 Å². The summed E-state index contributed by atoms with van der Waals surface area (Å²) >= 11 is 5.75. The quantitative estimate of drug-likeness (QED) is 0.788. The first kappa shape index (κ1) is 16.2. The van der Waals surface area contributed by atoms with E-state index >= 15 is 0 Å². The zero-order chi connectivity index (χ0) is 14.5. The van der Waals surface area contributed by atoms with Gasteiger partial charge < -0.3 is 0 Å². The van der Waals surface area contributed by atoms with Gasteiger partial charge in [0.25, 0.3) is 0 Å². The van der Waals surface area contributed by atoms with Gasteiger partial charge in [0.2, 0.25) is 0 Å². The number of hydrogen-bond donors (Lipinski definition) is 1. The molecule has 0 unspecified atom stereocenters. The minimum Gasteiger partial charge on any atom is -0.269 e. The van der Waals surface area contributed by atoms with Crippen LogP contribution >= 0.6 is 11.6 Å². The van der Waals surface area contributed by atoms with E-state index < -0.39 is 10.2 Å². The summed E-state index contributed by atoms with van der Waals surface area (Å²) in [4.78, 5) is 4.03. The fourth-order valence-corrected chi connectivity index (χ4v) is 3.35. The third kappa shape index (κ3) is 4.63. The fraction of sp³-hybridized carbons (Fsp3) is 0.583. The fourth-order valence-electron chi connectivity index (χ4n) is 1.69. The van der Waals surface area contributed by atoms with Crippen LogP contribution in [0, 0.1) is 6.92 Å². The van der Waals surface area contributed by atoms with Crippen LogP contribution in [0.5, 0.6) is 0 Å². The Labute approximate surface area is 120 Å². The van der Waals surface area contributed by atoms with Gasteiger partial charge in [-0.2, -0.15) is 12.7 Å². The molecule has 1 rings (SSSR count). The minimum absolute atomic E-state index is 0.347. The van der Waals surface area contributed by atoms with E-state index in [1.165, 1.54) is 4.31 Å². The number of nitrogens with zero attached hydrogens (tertiary/aromatic N) is 2. The molecule has 0 fully saturated rings. The lowest BCUT2D eigenvalue weighted by atomic mass is 10.3. The number of aryl methyl sites for hydroxylation is 1. The number of nitrogens with one attached hydrogen (secondary N) is 1. The van der Waals surface area contributed by atoms with Gasteiger partial charge in [-0.3, -0.25) is 4.72 Å². The zero-order valence-corrected chi connectivity index (χ0v) is 13.1. The molecule has 0 saturated carbocycles. The standard InChI is InChI=1S/C12H20ClN3O2S/c1-4-8-16(9-5-2)19(17,18)15-11-6-7-12(13)14-10(11)3/h6-7,15H,4-5,8-9H2,1-3H3. The molecule has 0 bridgehead atoms. The molecule has 1 N–H and O–H groups in total. The van der Waals surface area contributed by atoms with Gasteiger partial charge in [-0.25, -0.2) is 4.98 Å². The monoisotopic (exact) mass is 305 g/mol. The summed E-state index contributed by atoms with van der Waals surface area (Å²) in [5, 5.41) is 0.347. The van der Waals surface area contributed by atoms with Crippen molar-refractivity contribution in [3.05, 3.63) is 23.0 Å². The Bertz CT molecular complexity index is 514. The van der Waals surface area contributed by atoms with E-state index in [-0.39, 0.29) is 0 Å². The Morgan fingerprint density at radius 1 is 1.26 bits per heavy atom. The molecule has 1 heterocycles. The number of pyridine rings is 1. The van der Waals surface area contributed by atoms with Crippen LogP contribution in [0.1, 0.15) is 32.4 Å². The van der Waals surface area contributed by atoms with Crippen LogP contribution in [-0.4, -0.2) is 30.8 Å². The van der Waals surface area contributed by atoms with Crippen LogP contribution < -0.4 is 4.72 Å². The maximum absolute atomic E-state index is 12.3. The topological polar surface area (TPSA) is 62.3 Å². The van der Waals surface area contributed by atoms with Gasteiger partial charge in [0.1, 0.15) is 5.15 Å². The van der Waals surface area contributed by atoms with E-state index in [2.05, 4.69) is 9.71 Å². The predicted octanol–water partition coefficient (Wildman–Crippen LogP) is 2.82. The second-order valence-corrected chi connectivity index (χ2v) is 6.33. The van der Waals surface area contributed by atoms with Gasteiger partial charge in [-0.1, -0.05) is 25.4 Å². The van der Waals surface area contributed by atoms with Gasteiger partial charge in [-0.05, 0) is 31.9 Å². The molecule has 0 saturated heterocycles. The number of rotatable bonds is 7. The molecule has 108 valence electrons. The summed E-state index contributed by atoms with van der Waals surface area (Å²) < 4.78 is 28.5. The SMILES string of the molecule is CCCN(CCC)S(=O)(=O)Nc1ccc(Cl)nc1C. The number of aromatic nitrogens is 1. The van der Waals surface area contributed by atoms with Crippen LogP contribution in [0.3, 0.4) is 0 Å². The first-order chi connectivity index (χ1) is 8.90. The second kappa shape index (κ2) is 7.07. The first-order valence-corrected chi connectivity index (χ1v) is 8.13. The summed E-state index contributed by atoms with van der Waals surface area (Å²) in [6, 6.07) is 3.19. The lowest BCUT2D eigenvalue weighted by molar-refractivity contribution is 0.413. The van der Waals surface area contributed by atoms with Crippen LogP contribution in [0.25, 0.3) is 0 Å². The molecular formula is C12H20ClN3O2S. The molecule has 0 radical (unpaired) electrons. The summed E-state index contributed by atoms with van der Waals surface area (Å²) in [6.07, 6.45) is 1.55. The molecule has 5 nitrogen and oxygen atoms in total. The largest absolute Gasteiger partial charge is 0.301 e. The van der Waals surface area contributed by atoms with Crippen molar-refractivity contribution in [3.63, 3.8) is 0 Å². The zero-order valence-electron chi connectivity index (χ0n) is 11.5. The average Bonchev–Trinajstić information content (AvgIpc) is 2.32. The van der Waals surface area contributed by atoms with Crippen molar-refractivity contribution in [2.45, 2.75) is 33.6 Å².